The van der Waals surface area contributed by atoms with E-state index in [0.717, 1.165) is 37.3 Å². The standard InChI is InChI=1S/C20H21FN4/c21-19-7-5-17(6-8-19)16-1-3-18(4-2-16)20-13-22-9-10-25(20)14-15-11-23-24-12-15/h1-8,11-12,20,22H,9-10,13-14H2,(H,23,24). The van der Waals surface area contributed by atoms with E-state index in [-0.39, 0.29) is 5.82 Å². The molecular formula is C20H21FN4. The van der Waals surface area contributed by atoms with Gasteiger partial charge in [0.15, 0.2) is 0 Å². The molecule has 0 spiro atoms. The Bertz CT molecular complexity index is 797. The van der Waals surface area contributed by atoms with E-state index in [1.807, 2.05) is 24.5 Å². The van der Waals surface area contributed by atoms with Gasteiger partial charge in [0, 0.05) is 44.0 Å². The zero-order valence-corrected chi connectivity index (χ0v) is 14.0. The van der Waals surface area contributed by atoms with Gasteiger partial charge in [0.05, 0.1) is 6.20 Å². The quantitative estimate of drug-likeness (QED) is 0.768. The maximum absolute atomic E-state index is 13.1. The van der Waals surface area contributed by atoms with Gasteiger partial charge in [0.2, 0.25) is 0 Å². The summed E-state index contributed by atoms with van der Waals surface area (Å²) in [6, 6.07) is 15.6. The van der Waals surface area contributed by atoms with Crippen molar-refractivity contribution < 1.29 is 4.39 Å². The fraction of sp³-hybridized carbons (Fsp3) is 0.250. The van der Waals surface area contributed by atoms with Gasteiger partial charge in [-0.15, -0.1) is 0 Å². The van der Waals surface area contributed by atoms with E-state index in [0.29, 0.717) is 6.04 Å². The summed E-state index contributed by atoms with van der Waals surface area (Å²) in [5.74, 6) is -0.205. The van der Waals surface area contributed by atoms with Crippen molar-refractivity contribution in [3.8, 4) is 11.1 Å². The number of piperazine rings is 1. The summed E-state index contributed by atoms with van der Waals surface area (Å²) in [4.78, 5) is 2.48. The fourth-order valence-corrected chi connectivity index (χ4v) is 3.40. The molecule has 0 radical (unpaired) electrons. The van der Waals surface area contributed by atoms with Gasteiger partial charge in [-0.2, -0.15) is 5.10 Å². The van der Waals surface area contributed by atoms with E-state index in [1.165, 1.54) is 23.3 Å². The van der Waals surface area contributed by atoms with Crippen molar-refractivity contribution in [1.82, 2.24) is 20.4 Å². The number of benzene rings is 2. The number of aromatic nitrogens is 2. The van der Waals surface area contributed by atoms with E-state index < -0.39 is 0 Å². The molecule has 5 heteroatoms. The maximum atomic E-state index is 13.1. The second-order valence-electron chi connectivity index (χ2n) is 6.43. The van der Waals surface area contributed by atoms with Crippen molar-refractivity contribution in [3.05, 3.63) is 77.9 Å². The molecule has 1 unspecified atom stereocenters. The Hall–Kier alpha value is -2.50. The second kappa shape index (κ2) is 7.17. The van der Waals surface area contributed by atoms with Gasteiger partial charge in [-0.3, -0.25) is 10.00 Å². The van der Waals surface area contributed by atoms with E-state index in [1.54, 1.807) is 0 Å². The van der Waals surface area contributed by atoms with E-state index in [4.69, 9.17) is 0 Å². The zero-order chi connectivity index (χ0) is 17.1. The summed E-state index contributed by atoms with van der Waals surface area (Å²) in [5.41, 5.74) is 4.63. The first-order chi connectivity index (χ1) is 12.3. The molecule has 4 rings (SSSR count). The van der Waals surface area contributed by atoms with Crippen molar-refractivity contribution in [3.63, 3.8) is 0 Å². The summed E-state index contributed by atoms with van der Waals surface area (Å²) in [6.45, 7) is 3.84. The van der Waals surface area contributed by atoms with Crippen LogP contribution < -0.4 is 5.32 Å². The smallest absolute Gasteiger partial charge is 0.123 e. The van der Waals surface area contributed by atoms with Crippen molar-refractivity contribution in [2.24, 2.45) is 0 Å². The van der Waals surface area contributed by atoms with Gasteiger partial charge in [-0.25, -0.2) is 4.39 Å². The minimum absolute atomic E-state index is 0.205. The van der Waals surface area contributed by atoms with E-state index in [2.05, 4.69) is 44.7 Å². The molecule has 1 aromatic heterocycles. The summed E-state index contributed by atoms with van der Waals surface area (Å²) in [5, 5.41) is 10.4. The van der Waals surface area contributed by atoms with Crippen LogP contribution in [0.3, 0.4) is 0 Å². The average Bonchev–Trinajstić information content (AvgIpc) is 3.16. The fourth-order valence-electron chi connectivity index (χ4n) is 3.40. The molecule has 25 heavy (non-hydrogen) atoms. The Morgan fingerprint density at radius 3 is 2.44 bits per heavy atom. The molecule has 2 aromatic carbocycles. The number of nitrogens with one attached hydrogen (secondary N) is 2. The summed E-state index contributed by atoms with van der Waals surface area (Å²) in [7, 11) is 0. The molecule has 1 atom stereocenters. The predicted molar refractivity (Wildman–Crippen MR) is 96.4 cm³/mol. The van der Waals surface area contributed by atoms with E-state index >= 15 is 0 Å². The molecular weight excluding hydrogens is 315 g/mol. The molecule has 2 heterocycles. The van der Waals surface area contributed by atoms with Gasteiger partial charge in [-0.05, 0) is 28.8 Å². The highest BCUT2D eigenvalue weighted by Crippen LogP contribution is 2.27. The van der Waals surface area contributed by atoms with Crippen LogP contribution in [0.5, 0.6) is 0 Å². The third-order valence-electron chi connectivity index (χ3n) is 4.77. The van der Waals surface area contributed by atoms with Gasteiger partial charge in [0.1, 0.15) is 5.82 Å². The van der Waals surface area contributed by atoms with Crippen LogP contribution in [0.1, 0.15) is 17.2 Å². The molecule has 1 fully saturated rings. The zero-order valence-electron chi connectivity index (χ0n) is 14.0. The van der Waals surface area contributed by atoms with Crippen LogP contribution in [0.2, 0.25) is 0 Å². The Labute approximate surface area is 146 Å². The number of rotatable bonds is 4. The molecule has 128 valence electrons. The molecule has 0 aliphatic carbocycles. The van der Waals surface area contributed by atoms with Gasteiger partial charge < -0.3 is 5.32 Å². The summed E-state index contributed by atoms with van der Waals surface area (Å²) >= 11 is 0. The molecule has 3 aromatic rings. The van der Waals surface area contributed by atoms with E-state index in [9.17, 15) is 4.39 Å². The first kappa shape index (κ1) is 16.0. The topological polar surface area (TPSA) is 44.0 Å². The van der Waals surface area contributed by atoms with Crippen LogP contribution in [0.4, 0.5) is 4.39 Å². The predicted octanol–water partition coefficient (Wildman–Crippen LogP) is 3.36. The SMILES string of the molecule is Fc1ccc(-c2ccc(C3CNCCN3Cc3cn[nH]c3)cc2)cc1. The normalized spacial score (nSPS) is 18.4. The Morgan fingerprint density at radius 2 is 1.76 bits per heavy atom. The molecule has 4 nitrogen and oxygen atoms in total. The lowest BCUT2D eigenvalue weighted by Gasteiger charge is -2.36. The van der Waals surface area contributed by atoms with Crippen molar-refractivity contribution in [2.45, 2.75) is 12.6 Å². The largest absolute Gasteiger partial charge is 0.314 e. The lowest BCUT2D eigenvalue weighted by atomic mass is 9.98. The summed E-state index contributed by atoms with van der Waals surface area (Å²) < 4.78 is 13.1. The van der Waals surface area contributed by atoms with Crippen LogP contribution in [0.15, 0.2) is 60.9 Å². The third-order valence-corrected chi connectivity index (χ3v) is 4.77. The highest BCUT2D eigenvalue weighted by molar-refractivity contribution is 5.63. The third kappa shape index (κ3) is 3.62. The molecule has 0 bridgehead atoms. The maximum Gasteiger partial charge on any atom is 0.123 e. The number of hydrogen-bond donors (Lipinski definition) is 2. The summed E-state index contributed by atoms with van der Waals surface area (Å²) in [6.07, 6.45) is 3.84. The van der Waals surface area contributed by atoms with Crippen molar-refractivity contribution in [1.29, 1.82) is 0 Å². The average molecular weight is 336 g/mol. The number of nitrogens with zero attached hydrogens (tertiary/aromatic N) is 2. The van der Waals surface area contributed by atoms with Crippen LogP contribution in [-0.4, -0.2) is 34.7 Å². The minimum Gasteiger partial charge on any atom is -0.314 e. The van der Waals surface area contributed by atoms with Gasteiger partial charge in [-0.1, -0.05) is 36.4 Å². The Balaban J connectivity index is 1.54. The molecule has 1 aliphatic heterocycles. The van der Waals surface area contributed by atoms with Crippen LogP contribution in [0.25, 0.3) is 11.1 Å². The minimum atomic E-state index is -0.205. The Kier molecular flexibility index (Phi) is 4.59. The molecule has 2 N–H and O–H groups in total. The highest BCUT2D eigenvalue weighted by Gasteiger charge is 2.24. The number of hydrogen-bond acceptors (Lipinski definition) is 3. The molecule has 0 saturated carbocycles. The Morgan fingerprint density at radius 1 is 1.04 bits per heavy atom. The number of halogens is 1. The number of aromatic amines is 1. The molecule has 1 aliphatic rings. The highest BCUT2D eigenvalue weighted by atomic mass is 19.1. The lowest BCUT2D eigenvalue weighted by Crippen LogP contribution is -2.45. The van der Waals surface area contributed by atoms with Crippen LogP contribution >= 0.6 is 0 Å². The molecule has 1 saturated heterocycles. The second-order valence-corrected chi connectivity index (χ2v) is 6.43. The monoisotopic (exact) mass is 336 g/mol. The van der Waals surface area contributed by atoms with Crippen LogP contribution in [0, 0.1) is 5.82 Å². The first-order valence-electron chi connectivity index (χ1n) is 8.58. The first-order valence-corrected chi connectivity index (χ1v) is 8.58. The van der Waals surface area contributed by atoms with Gasteiger partial charge >= 0.3 is 0 Å². The van der Waals surface area contributed by atoms with Crippen LogP contribution in [-0.2, 0) is 6.54 Å². The van der Waals surface area contributed by atoms with Crippen molar-refractivity contribution in [2.75, 3.05) is 19.6 Å². The molecule has 0 amide bonds. The number of H-pyrrole nitrogens is 1. The van der Waals surface area contributed by atoms with Crippen molar-refractivity contribution >= 4 is 0 Å². The van der Waals surface area contributed by atoms with Gasteiger partial charge in [0.25, 0.3) is 0 Å². The lowest BCUT2D eigenvalue weighted by molar-refractivity contribution is 0.154.